The van der Waals surface area contributed by atoms with Crippen molar-refractivity contribution in [2.24, 2.45) is 0 Å². The molecular weight excluding hydrogens is 353 g/mol. The number of ether oxygens (including phenoxy) is 2. The minimum Gasteiger partial charge on any atom is -0.408 e. The van der Waals surface area contributed by atoms with E-state index in [0.717, 1.165) is 5.52 Å². The highest BCUT2D eigenvalue weighted by molar-refractivity contribution is 8.71. The van der Waals surface area contributed by atoms with E-state index in [4.69, 9.17) is 37.3 Å². The van der Waals surface area contributed by atoms with E-state index in [-0.39, 0.29) is 11.7 Å². The van der Waals surface area contributed by atoms with Gasteiger partial charge in [-0.1, -0.05) is 34.8 Å². The summed E-state index contributed by atoms with van der Waals surface area (Å²) in [6, 6.07) is 5.17. The molecular formula is C12H11ClNO4PS2. The first kappa shape index (κ1) is 14.3. The Balaban J connectivity index is 1.64. The molecule has 1 aromatic carbocycles. The van der Waals surface area contributed by atoms with Gasteiger partial charge in [0.2, 0.25) is 0 Å². The molecule has 2 aliphatic rings. The summed E-state index contributed by atoms with van der Waals surface area (Å²) in [6.07, 6.45) is 0. The normalized spacial score (nSPS) is 26.7. The zero-order valence-electron chi connectivity index (χ0n) is 10.7. The molecule has 0 spiro atoms. The topological polar surface area (TPSA) is 60.2 Å². The van der Waals surface area contributed by atoms with Gasteiger partial charge in [0.15, 0.2) is 5.58 Å². The van der Waals surface area contributed by atoms with Gasteiger partial charge in [0, 0.05) is 11.1 Å². The Morgan fingerprint density at radius 1 is 1.38 bits per heavy atom. The Hall–Kier alpha value is -0.300. The fourth-order valence-corrected chi connectivity index (χ4v) is 8.34. The first-order chi connectivity index (χ1) is 10.1. The van der Waals surface area contributed by atoms with Crippen LogP contribution in [-0.2, 0) is 27.2 Å². The number of aromatic nitrogens is 1. The lowest BCUT2D eigenvalue weighted by molar-refractivity contribution is 0.443. The van der Waals surface area contributed by atoms with Crippen molar-refractivity contribution < 1.29 is 13.9 Å². The van der Waals surface area contributed by atoms with E-state index in [1.807, 2.05) is 0 Å². The number of benzene rings is 1. The van der Waals surface area contributed by atoms with Crippen LogP contribution in [0.15, 0.2) is 27.4 Å². The number of hydrogen-bond donors (Lipinski definition) is 0. The van der Waals surface area contributed by atoms with Crippen LogP contribution in [0.4, 0.5) is 0 Å². The first-order valence-corrected chi connectivity index (χ1v) is 11.2. The Labute approximate surface area is 134 Å². The standard InChI is InChI=1S/C12H11ClNO4PS2/c13-7-1-2-8-9(3-7)18-12(15)14(8)6-21-19(20,10-4-16-10)11-5-17-11/h1-3,10-11H,4-6H2. The highest BCUT2D eigenvalue weighted by atomic mass is 35.5. The van der Waals surface area contributed by atoms with Gasteiger partial charge in [-0.05, 0) is 12.1 Å². The number of epoxide rings is 2. The Morgan fingerprint density at radius 2 is 2.05 bits per heavy atom. The maximum absolute atomic E-state index is 12.0. The highest BCUT2D eigenvalue weighted by Gasteiger charge is 2.50. The molecule has 9 heteroatoms. The Kier molecular flexibility index (Phi) is 3.48. The van der Waals surface area contributed by atoms with E-state index in [2.05, 4.69) is 0 Å². The second kappa shape index (κ2) is 5.11. The predicted molar refractivity (Wildman–Crippen MR) is 86.8 cm³/mol. The first-order valence-electron chi connectivity index (χ1n) is 6.34. The summed E-state index contributed by atoms with van der Waals surface area (Å²) in [5.74, 6) is 0.321. The fourth-order valence-electron chi connectivity index (χ4n) is 2.16. The summed E-state index contributed by atoms with van der Waals surface area (Å²) in [5.41, 5.74) is 1.22. The van der Waals surface area contributed by atoms with Crippen LogP contribution in [0.25, 0.3) is 11.1 Å². The molecule has 0 saturated carbocycles. The van der Waals surface area contributed by atoms with Gasteiger partial charge in [0.1, 0.15) is 11.7 Å². The number of halogens is 1. The summed E-state index contributed by atoms with van der Waals surface area (Å²) in [5, 5.41) is -1.27. The molecule has 3 heterocycles. The van der Waals surface area contributed by atoms with Gasteiger partial charge < -0.3 is 13.9 Å². The van der Waals surface area contributed by atoms with Gasteiger partial charge in [-0.15, -0.1) is 0 Å². The molecule has 112 valence electrons. The van der Waals surface area contributed by atoms with E-state index in [0.29, 0.717) is 29.7 Å². The Bertz CT molecular complexity index is 795. The molecule has 0 radical (unpaired) electrons. The van der Waals surface area contributed by atoms with E-state index < -0.39 is 11.0 Å². The van der Waals surface area contributed by atoms with E-state index >= 15 is 0 Å². The van der Waals surface area contributed by atoms with Crippen molar-refractivity contribution in [2.75, 3.05) is 13.2 Å². The average Bonchev–Trinajstić information content (AvgIpc) is 3.32. The molecule has 0 bridgehead atoms. The smallest absolute Gasteiger partial charge is 0.408 e. The van der Waals surface area contributed by atoms with Crippen LogP contribution >= 0.6 is 28.2 Å². The molecule has 0 aliphatic carbocycles. The maximum atomic E-state index is 12.0. The minimum absolute atomic E-state index is 0.133. The maximum Gasteiger partial charge on any atom is 0.420 e. The van der Waals surface area contributed by atoms with Gasteiger partial charge >= 0.3 is 5.76 Å². The number of fused-ring (bicyclic) bond motifs is 1. The second-order valence-electron chi connectivity index (χ2n) is 4.89. The summed E-state index contributed by atoms with van der Waals surface area (Å²) in [7, 11) is 0. The van der Waals surface area contributed by atoms with E-state index in [1.165, 1.54) is 0 Å². The van der Waals surface area contributed by atoms with Gasteiger partial charge in [-0.2, -0.15) is 0 Å². The third kappa shape index (κ3) is 2.60. The molecule has 2 aliphatic heterocycles. The summed E-state index contributed by atoms with van der Waals surface area (Å²) in [6.45, 7) is 1.42. The fraction of sp³-hybridized carbons (Fsp3) is 0.417. The third-order valence-electron chi connectivity index (χ3n) is 3.45. The predicted octanol–water partition coefficient (Wildman–Crippen LogP) is 3.05. The van der Waals surface area contributed by atoms with Crippen LogP contribution in [0.5, 0.6) is 0 Å². The molecule has 2 aromatic rings. The second-order valence-corrected chi connectivity index (χ2v) is 13.4. The van der Waals surface area contributed by atoms with E-state index in [1.54, 1.807) is 34.1 Å². The molecule has 0 N–H and O–H groups in total. The minimum atomic E-state index is -1.81. The lowest BCUT2D eigenvalue weighted by Crippen LogP contribution is -2.12. The van der Waals surface area contributed by atoms with Gasteiger partial charge in [-0.3, -0.25) is 4.57 Å². The SMILES string of the molecule is O=c1oc2cc(Cl)ccc2n1CSP(=S)(C1CO1)C1CO1. The van der Waals surface area contributed by atoms with Gasteiger partial charge in [0.25, 0.3) is 0 Å². The monoisotopic (exact) mass is 363 g/mol. The number of nitrogens with zero attached hydrogens (tertiary/aromatic N) is 1. The van der Waals surface area contributed by atoms with Crippen LogP contribution in [-0.4, -0.2) is 29.5 Å². The Morgan fingerprint density at radius 3 is 2.67 bits per heavy atom. The number of rotatable bonds is 5. The van der Waals surface area contributed by atoms with Gasteiger partial charge in [-0.25, -0.2) is 4.79 Å². The zero-order chi connectivity index (χ0) is 14.6. The largest absolute Gasteiger partial charge is 0.420 e. The lowest BCUT2D eigenvalue weighted by Gasteiger charge is -2.16. The summed E-state index contributed by atoms with van der Waals surface area (Å²) < 4.78 is 17.6. The van der Waals surface area contributed by atoms with Crippen molar-refractivity contribution in [1.29, 1.82) is 0 Å². The molecule has 21 heavy (non-hydrogen) atoms. The van der Waals surface area contributed by atoms with Gasteiger partial charge in [0.05, 0.1) is 29.8 Å². The van der Waals surface area contributed by atoms with Crippen LogP contribution < -0.4 is 5.76 Å². The molecule has 1 aromatic heterocycles. The average molecular weight is 364 g/mol. The van der Waals surface area contributed by atoms with Crippen LogP contribution in [0.3, 0.4) is 0 Å². The van der Waals surface area contributed by atoms with Crippen molar-refractivity contribution >= 4 is 51.1 Å². The molecule has 2 fully saturated rings. The highest BCUT2D eigenvalue weighted by Crippen LogP contribution is 2.73. The van der Waals surface area contributed by atoms with Crippen molar-refractivity contribution in [1.82, 2.24) is 4.57 Å². The molecule has 2 saturated heterocycles. The van der Waals surface area contributed by atoms with Crippen LogP contribution in [0.2, 0.25) is 5.02 Å². The molecule has 5 nitrogen and oxygen atoms in total. The lowest BCUT2D eigenvalue weighted by atomic mass is 10.3. The number of hydrogen-bond acceptors (Lipinski definition) is 6. The zero-order valence-corrected chi connectivity index (χ0v) is 14.0. The molecule has 2 unspecified atom stereocenters. The molecule has 2 atom stereocenters. The van der Waals surface area contributed by atoms with Crippen molar-refractivity contribution in [3.05, 3.63) is 33.8 Å². The molecule has 4 rings (SSSR count). The number of oxazole rings is 1. The van der Waals surface area contributed by atoms with Crippen LogP contribution in [0, 0.1) is 0 Å². The summed E-state index contributed by atoms with van der Waals surface area (Å²) >= 11 is 13.3. The molecule has 0 amide bonds. The van der Waals surface area contributed by atoms with Crippen molar-refractivity contribution in [3.8, 4) is 0 Å². The van der Waals surface area contributed by atoms with Crippen molar-refractivity contribution in [2.45, 2.75) is 17.6 Å². The van der Waals surface area contributed by atoms with Crippen molar-refractivity contribution in [3.63, 3.8) is 0 Å². The quantitative estimate of drug-likeness (QED) is 0.601. The third-order valence-corrected chi connectivity index (χ3v) is 12.0. The van der Waals surface area contributed by atoms with Crippen LogP contribution in [0.1, 0.15) is 0 Å². The van der Waals surface area contributed by atoms with E-state index in [9.17, 15) is 4.79 Å². The summed E-state index contributed by atoms with van der Waals surface area (Å²) in [4.78, 5) is 12.0.